The number of rotatable bonds is 7. The summed E-state index contributed by atoms with van der Waals surface area (Å²) in [5.41, 5.74) is 0.508. The second-order valence-electron chi connectivity index (χ2n) is 3.53. The van der Waals surface area contributed by atoms with Crippen LogP contribution in [0.15, 0.2) is 42.2 Å². The predicted molar refractivity (Wildman–Crippen MR) is 70.3 cm³/mol. The maximum absolute atomic E-state index is 13.8. The molecule has 0 N–H and O–H groups in total. The van der Waals surface area contributed by atoms with Gasteiger partial charge in [-0.1, -0.05) is 30.3 Å². The molecule has 0 heterocycles. The van der Waals surface area contributed by atoms with Crippen molar-refractivity contribution in [2.45, 2.75) is 20.0 Å². The summed E-state index contributed by atoms with van der Waals surface area (Å²) in [6.07, 6.45) is -0.109. The highest BCUT2D eigenvalue weighted by Crippen LogP contribution is 2.50. The van der Waals surface area contributed by atoms with Crippen molar-refractivity contribution >= 4 is 7.60 Å². The van der Waals surface area contributed by atoms with E-state index in [4.69, 9.17) is 9.05 Å². The Kier molecular flexibility index (Phi) is 6.27. The third-order valence-electron chi connectivity index (χ3n) is 2.17. The van der Waals surface area contributed by atoms with Gasteiger partial charge in [0.2, 0.25) is 0 Å². The van der Waals surface area contributed by atoms with Gasteiger partial charge in [0.25, 0.3) is 0 Å². The quantitative estimate of drug-likeness (QED) is 0.687. The predicted octanol–water partition coefficient (Wildman–Crippen LogP) is 4.48. The van der Waals surface area contributed by atoms with Crippen LogP contribution in [0, 0.1) is 0 Å². The Hall–Kier alpha value is -0.960. The van der Waals surface area contributed by atoms with Crippen LogP contribution in [0.2, 0.25) is 0 Å². The fourth-order valence-electron chi connectivity index (χ4n) is 1.41. The zero-order valence-corrected chi connectivity index (χ0v) is 11.5. The zero-order valence-electron chi connectivity index (χ0n) is 10.6. The van der Waals surface area contributed by atoms with E-state index in [1.807, 2.05) is 6.07 Å². The molecule has 0 aliphatic heterocycles. The number of hydrogen-bond acceptors (Lipinski definition) is 3. The summed E-state index contributed by atoms with van der Waals surface area (Å²) in [5.74, 6) is 1.19. The monoisotopic (exact) mass is 272 g/mol. The Balaban J connectivity index is 2.75. The van der Waals surface area contributed by atoms with Crippen LogP contribution >= 0.6 is 7.60 Å². The first-order valence-corrected chi connectivity index (χ1v) is 7.49. The molecule has 1 rings (SSSR count). The minimum absolute atomic E-state index is 0.254. The summed E-state index contributed by atoms with van der Waals surface area (Å²) in [4.78, 5) is 0. The normalized spacial score (nSPS) is 13.9. The van der Waals surface area contributed by atoms with Gasteiger partial charge in [0.1, 0.15) is 6.17 Å². The number of halogens is 1. The van der Waals surface area contributed by atoms with Crippen LogP contribution in [-0.4, -0.2) is 13.2 Å². The van der Waals surface area contributed by atoms with Crippen molar-refractivity contribution in [3.05, 3.63) is 47.8 Å². The lowest BCUT2D eigenvalue weighted by molar-refractivity contribution is 0.228. The lowest BCUT2D eigenvalue weighted by atomic mass is 10.1. The minimum atomic E-state index is -3.31. The highest BCUT2D eigenvalue weighted by Gasteiger charge is 2.20. The molecule has 5 heteroatoms. The zero-order chi connectivity index (χ0) is 13.4. The average molecular weight is 272 g/mol. The molecular weight excluding hydrogens is 254 g/mol. The Morgan fingerprint density at radius 3 is 2.28 bits per heavy atom. The molecule has 0 bridgehead atoms. The fourth-order valence-corrected chi connectivity index (χ4v) is 2.74. The fraction of sp³-hybridized carbons (Fsp3) is 0.385. The Morgan fingerprint density at radius 2 is 1.78 bits per heavy atom. The van der Waals surface area contributed by atoms with Crippen molar-refractivity contribution in [1.29, 1.82) is 0 Å². The van der Waals surface area contributed by atoms with Crippen LogP contribution in [-0.2, 0) is 13.6 Å². The SMILES string of the molecule is CCOP(=O)(/C=C/C(F)c1ccccc1)OCC. The average Bonchev–Trinajstić information content (AvgIpc) is 2.38. The van der Waals surface area contributed by atoms with Gasteiger partial charge in [0.05, 0.1) is 13.2 Å². The van der Waals surface area contributed by atoms with Gasteiger partial charge >= 0.3 is 7.60 Å². The van der Waals surface area contributed by atoms with Gasteiger partial charge < -0.3 is 9.05 Å². The third kappa shape index (κ3) is 4.73. The third-order valence-corrected chi connectivity index (χ3v) is 3.95. The number of allylic oxidation sites excluding steroid dienone is 1. The minimum Gasteiger partial charge on any atom is -0.306 e. The van der Waals surface area contributed by atoms with Crippen LogP contribution in [0.25, 0.3) is 0 Å². The largest absolute Gasteiger partial charge is 0.353 e. The molecule has 0 aliphatic carbocycles. The van der Waals surface area contributed by atoms with Crippen LogP contribution in [0.3, 0.4) is 0 Å². The molecule has 0 amide bonds. The topological polar surface area (TPSA) is 35.5 Å². The number of benzene rings is 1. The molecule has 0 spiro atoms. The maximum atomic E-state index is 13.8. The van der Waals surface area contributed by atoms with E-state index in [1.54, 1.807) is 38.1 Å². The highest BCUT2D eigenvalue weighted by molar-refractivity contribution is 7.57. The van der Waals surface area contributed by atoms with Crippen molar-refractivity contribution in [2.75, 3.05) is 13.2 Å². The van der Waals surface area contributed by atoms with Gasteiger partial charge in [0, 0.05) is 5.82 Å². The van der Waals surface area contributed by atoms with E-state index < -0.39 is 13.8 Å². The molecule has 0 saturated carbocycles. The molecule has 0 aromatic heterocycles. The van der Waals surface area contributed by atoms with Crippen LogP contribution in [0.1, 0.15) is 25.6 Å². The molecule has 0 fully saturated rings. The van der Waals surface area contributed by atoms with E-state index in [-0.39, 0.29) is 13.2 Å². The molecular formula is C13H18FO3P. The van der Waals surface area contributed by atoms with Gasteiger partial charge in [0.15, 0.2) is 0 Å². The molecule has 3 nitrogen and oxygen atoms in total. The van der Waals surface area contributed by atoms with Gasteiger partial charge in [-0.05, 0) is 25.5 Å². The van der Waals surface area contributed by atoms with E-state index in [0.29, 0.717) is 5.56 Å². The molecule has 1 unspecified atom stereocenters. The summed E-state index contributed by atoms with van der Waals surface area (Å²) in [6, 6.07) is 8.65. The Labute approximate surface area is 107 Å². The lowest BCUT2D eigenvalue weighted by Gasteiger charge is -2.13. The van der Waals surface area contributed by atoms with Gasteiger partial charge in [-0.3, -0.25) is 4.57 Å². The van der Waals surface area contributed by atoms with Crippen LogP contribution < -0.4 is 0 Å². The first-order valence-electron chi connectivity index (χ1n) is 5.88. The Morgan fingerprint density at radius 1 is 1.22 bits per heavy atom. The molecule has 1 atom stereocenters. The summed E-state index contributed by atoms with van der Waals surface area (Å²) >= 11 is 0. The second kappa shape index (κ2) is 7.47. The first-order chi connectivity index (χ1) is 8.61. The molecule has 1 aromatic carbocycles. The highest BCUT2D eigenvalue weighted by atomic mass is 31.2. The molecule has 1 aromatic rings. The Bertz CT molecular complexity index is 410. The van der Waals surface area contributed by atoms with Gasteiger partial charge in [-0.2, -0.15) is 0 Å². The van der Waals surface area contributed by atoms with Gasteiger partial charge in [-0.25, -0.2) is 4.39 Å². The molecule has 0 aliphatic rings. The van der Waals surface area contributed by atoms with Gasteiger partial charge in [-0.15, -0.1) is 0 Å². The summed E-state index contributed by atoms with van der Waals surface area (Å²) in [5, 5.41) is 0. The molecule has 0 radical (unpaired) electrons. The smallest absolute Gasteiger partial charge is 0.306 e. The van der Waals surface area contributed by atoms with E-state index in [1.165, 1.54) is 11.9 Å². The van der Waals surface area contributed by atoms with Crippen molar-refractivity contribution in [3.63, 3.8) is 0 Å². The lowest BCUT2D eigenvalue weighted by Crippen LogP contribution is -1.94. The summed E-state index contributed by atoms with van der Waals surface area (Å²) in [7, 11) is -3.31. The summed E-state index contributed by atoms with van der Waals surface area (Å²) in [6.45, 7) is 3.93. The van der Waals surface area contributed by atoms with Crippen molar-refractivity contribution in [3.8, 4) is 0 Å². The van der Waals surface area contributed by atoms with E-state index >= 15 is 0 Å². The van der Waals surface area contributed by atoms with Crippen LogP contribution in [0.4, 0.5) is 4.39 Å². The van der Waals surface area contributed by atoms with Crippen molar-refractivity contribution in [2.24, 2.45) is 0 Å². The van der Waals surface area contributed by atoms with Crippen molar-refractivity contribution < 1.29 is 18.0 Å². The molecule has 100 valence electrons. The van der Waals surface area contributed by atoms with Crippen molar-refractivity contribution in [1.82, 2.24) is 0 Å². The number of hydrogen-bond donors (Lipinski definition) is 0. The standard InChI is InChI=1S/C13H18FO3P/c1-3-16-18(15,17-4-2)11-10-13(14)12-8-6-5-7-9-12/h5-11,13H,3-4H2,1-2H3/b11-10+. The van der Waals surface area contributed by atoms with Crippen LogP contribution in [0.5, 0.6) is 0 Å². The number of alkyl halides is 1. The van der Waals surface area contributed by atoms with E-state index in [2.05, 4.69) is 0 Å². The molecule has 18 heavy (non-hydrogen) atoms. The first kappa shape index (κ1) is 15.1. The van der Waals surface area contributed by atoms with E-state index in [0.717, 1.165) is 0 Å². The second-order valence-corrected chi connectivity index (χ2v) is 5.42. The van der Waals surface area contributed by atoms with E-state index in [9.17, 15) is 8.96 Å². The maximum Gasteiger partial charge on any atom is 0.353 e. The molecule has 0 saturated heterocycles. The summed E-state index contributed by atoms with van der Waals surface area (Å²) < 4.78 is 36.0.